The monoisotopic (exact) mass is 244 g/mol. The summed E-state index contributed by atoms with van der Waals surface area (Å²) < 4.78 is 16.2. The van der Waals surface area contributed by atoms with Gasteiger partial charge in [-0.1, -0.05) is 0 Å². The van der Waals surface area contributed by atoms with Crippen LogP contribution in [0.3, 0.4) is 0 Å². The lowest BCUT2D eigenvalue weighted by molar-refractivity contribution is -0.184. The second-order valence-corrected chi connectivity index (χ2v) is 4.34. The SMILES string of the molecule is NC(=O)C1COCCN1CCC1OCCCO1. The van der Waals surface area contributed by atoms with Gasteiger partial charge in [0.15, 0.2) is 6.29 Å². The van der Waals surface area contributed by atoms with Crippen molar-refractivity contribution in [3.8, 4) is 0 Å². The molecule has 0 saturated carbocycles. The first-order valence-corrected chi connectivity index (χ1v) is 6.11. The maximum atomic E-state index is 11.3. The molecule has 6 heteroatoms. The Bertz CT molecular complexity index is 256. The van der Waals surface area contributed by atoms with Gasteiger partial charge in [-0.15, -0.1) is 0 Å². The van der Waals surface area contributed by atoms with Gasteiger partial charge in [0.25, 0.3) is 0 Å². The van der Waals surface area contributed by atoms with Crippen LogP contribution in [-0.2, 0) is 19.0 Å². The molecule has 1 unspecified atom stereocenters. The molecule has 0 aromatic carbocycles. The Labute approximate surface area is 101 Å². The quantitative estimate of drug-likeness (QED) is 0.709. The van der Waals surface area contributed by atoms with Crippen molar-refractivity contribution in [1.82, 2.24) is 4.90 Å². The van der Waals surface area contributed by atoms with Crippen molar-refractivity contribution in [2.75, 3.05) is 39.5 Å². The fourth-order valence-corrected chi connectivity index (χ4v) is 2.14. The van der Waals surface area contributed by atoms with Crippen molar-refractivity contribution in [2.45, 2.75) is 25.2 Å². The molecule has 1 atom stereocenters. The van der Waals surface area contributed by atoms with Gasteiger partial charge >= 0.3 is 0 Å². The van der Waals surface area contributed by atoms with E-state index in [0.29, 0.717) is 13.2 Å². The summed E-state index contributed by atoms with van der Waals surface area (Å²) in [6.45, 7) is 4.04. The lowest BCUT2D eigenvalue weighted by atomic mass is 10.2. The summed E-state index contributed by atoms with van der Waals surface area (Å²) in [7, 11) is 0. The van der Waals surface area contributed by atoms with Gasteiger partial charge in [0, 0.05) is 19.5 Å². The van der Waals surface area contributed by atoms with Gasteiger partial charge in [0.05, 0.1) is 26.4 Å². The van der Waals surface area contributed by atoms with Gasteiger partial charge in [-0.3, -0.25) is 9.69 Å². The molecule has 0 aliphatic carbocycles. The zero-order valence-corrected chi connectivity index (χ0v) is 9.97. The van der Waals surface area contributed by atoms with Crippen molar-refractivity contribution < 1.29 is 19.0 Å². The summed E-state index contributed by atoms with van der Waals surface area (Å²) in [5, 5.41) is 0. The molecule has 6 nitrogen and oxygen atoms in total. The van der Waals surface area contributed by atoms with E-state index in [1.54, 1.807) is 0 Å². The van der Waals surface area contributed by atoms with Crippen LogP contribution in [0.15, 0.2) is 0 Å². The smallest absolute Gasteiger partial charge is 0.237 e. The highest BCUT2D eigenvalue weighted by molar-refractivity contribution is 5.80. The molecule has 2 N–H and O–H groups in total. The van der Waals surface area contributed by atoms with Gasteiger partial charge in [-0.25, -0.2) is 0 Å². The largest absolute Gasteiger partial charge is 0.378 e. The molecular formula is C11H20N2O4. The number of nitrogens with zero attached hydrogens (tertiary/aromatic N) is 1. The van der Waals surface area contributed by atoms with E-state index in [2.05, 4.69) is 0 Å². The number of hydrogen-bond acceptors (Lipinski definition) is 5. The van der Waals surface area contributed by atoms with Crippen LogP contribution in [0.2, 0.25) is 0 Å². The Balaban J connectivity index is 1.77. The number of amides is 1. The Morgan fingerprint density at radius 3 is 2.76 bits per heavy atom. The van der Waals surface area contributed by atoms with Crippen LogP contribution in [0.1, 0.15) is 12.8 Å². The van der Waals surface area contributed by atoms with Gasteiger partial charge in [0.2, 0.25) is 5.91 Å². The van der Waals surface area contributed by atoms with E-state index in [9.17, 15) is 4.79 Å². The van der Waals surface area contributed by atoms with Gasteiger partial charge in [-0.2, -0.15) is 0 Å². The first-order chi connectivity index (χ1) is 8.27. The summed E-state index contributed by atoms with van der Waals surface area (Å²) in [6, 6.07) is -0.313. The second kappa shape index (κ2) is 6.30. The number of nitrogens with two attached hydrogens (primary N) is 1. The van der Waals surface area contributed by atoms with E-state index in [4.69, 9.17) is 19.9 Å². The minimum absolute atomic E-state index is 0.139. The number of rotatable bonds is 4. The van der Waals surface area contributed by atoms with E-state index in [1.165, 1.54) is 0 Å². The Morgan fingerprint density at radius 1 is 1.29 bits per heavy atom. The first kappa shape index (κ1) is 12.8. The normalized spacial score (nSPS) is 28.1. The number of morpholine rings is 1. The fraction of sp³-hybridized carbons (Fsp3) is 0.909. The second-order valence-electron chi connectivity index (χ2n) is 4.34. The number of ether oxygens (including phenoxy) is 3. The maximum absolute atomic E-state index is 11.3. The van der Waals surface area contributed by atoms with Crippen molar-refractivity contribution in [3.05, 3.63) is 0 Å². The summed E-state index contributed by atoms with van der Waals surface area (Å²) in [6.07, 6.45) is 1.59. The maximum Gasteiger partial charge on any atom is 0.237 e. The lowest BCUT2D eigenvalue weighted by Gasteiger charge is -2.34. The Morgan fingerprint density at radius 2 is 2.06 bits per heavy atom. The van der Waals surface area contributed by atoms with Crippen LogP contribution in [0.4, 0.5) is 0 Å². The molecule has 2 aliphatic heterocycles. The zero-order chi connectivity index (χ0) is 12.1. The third-order valence-corrected chi connectivity index (χ3v) is 3.12. The van der Waals surface area contributed by atoms with Gasteiger partial charge in [0.1, 0.15) is 6.04 Å². The molecular weight excluding hydrogens is 224 g/mol. The van der Waals surface area contributed by atoms with Crippen LogP contribution in [-0.4, -0.2) is 62.7 Å². The van der Waals surface area contributed by atoms with E-state index < -0.39 is 0 Å². The molecule has 2 aliphatic rings. The van der Waals surface area contributed by atoms with E-state index in [0.717, 1.165) is 39.1 Å². The molecule has 2 fully saturated rings. The number of hydrogen-bond donors (Lipinski definition) is 1. The number of primary amides is 1. The summed E-state index contributed by atoms with van der Waals surface area (Å²) >= 11 is 0. The van der Waals surface area contributed by atoms with Crippen molar-refractivity contribution >= 4 is 5.91 Å². The van der Waals surface area contributed by atoms with Crippen LogP contribution in [0, 0.1) is 0 Å². The average molecular weight is 244 g/mol. The highest BCUT2D eigenvalue weighted by Gasteiger charge is 2.28. The third kappa shape index (κ3) is 3.64. The number of carbonyl (C=O) groups excluding carboxylic acids is 1. The highest BCUT2D eigenvalue weighted by Crippen LogP contribution is 2.12. The standard InChI is InChI=1S/C11H20N2O4/c12-11(14)9-8-15-7-4-13(9)3-2-10-16-5-1-6-17-10/h9-10H,1-8H2,(H2,12,14). The van der Waals surface area contributed by atoms with Crippen molar-refractivity contribution in [2.24, 2.45) is 5.73 Å². The highest BCUT2D eigenvalue weighted by atomic mass is 16.7. The molecule has 0 spiro atoms. The van der Waals surface area contributed by atoms with Gasteiger partial charge < -0.3 is 19.9 Å². The summed E-state index contributed by atoms with van der Waals surface area (Å²) in [5.74, 6) is -0.324. The van der Waals surface area contributed by atoms with Crippen LogP contribution in [0.25, 0.3) is 0 Å². The van der Waals surface area contributed by atoms with Crippen molar-refractivity contribution in [3.63, 3.8) is 0 Å². The van der Waals surface area contributed by atoms with Crippen LogP contribution in [0.5, 0.6) is 0 Å². The average Bonchev–Trinajstić information content (AvgIpc) is 2.38. The Hall–Kier alpha value is -0.690. The predicted molar refractivity (Wildman–Crippen MR) is 60.3 cm³/mol. The van der Waals surface area contributed by atoms with E-state index in [-0.39, 0.29) is 18.2 Å². The summed E-state index contributed by atoms with van der Waals surface area (Å²) in [5.41, 5.74) is 5.34. The lowest BCUT2D eigenvalue weighted by Crippen LogP contribution is -2.53. The summed E-state index contributed by atoms with van der Waals surface area (Å²) in [4.78, 5) is 13.3. The first-order valence-electron chi connectivity index (χ1n) is 6.11. The topological polar surface area (TPSA) is 74.0 Å². The molecule has 2 rings (SSSR count). The Kier molecular flexibility index (Phi) is 4.73. The molecule has 0 aromatic heterocycles. The zero-order valence-electron chi connectivity index (χ0n) is 9.97. The molecule has 1 amide bonds. The molecule has 2 heterocycles. The van der Waals surface area contributed by atoms with Gasteiger partial charge in [-0.05, 0) is 6.42 Å². The molecule has 0 radical (unpaired) electrons. The predicted octanol–water partition coefficient (Wildman–Crippen LogP) is -0.674. The molecule has 2 saturated heterocycles. The number of carbonyl (C=O) groups is 1. The third-order valence-electron chi connectivity index (χ3n) is 3.12. The van der Waals surface area contributed by atoms with E-state index >= 15 is 0 Å². The van der Waals surface area contributed by atoms with Crippen molar-refractivity contribution in [1.29, 1.82) is 0 Å². The molecule has 17 heavy (non-hydrogen) atoms. The molecule has 0 bridgehead atoms. The minimum atomic E-state index is -0.324. The minimum Gasteiger partial charge on any atom is -0.378 e. The van der Waals surface area contributed by atoms with Crippen LogP contribution < -0.4 is 5.73 Å². The fourth-order valence-electron chi connectivity index (χ4n) is 2.14. The van der Waals surface area contributed by atoms with Crippen LogP contribution >= 0.6 is 0 Å². The van der Waals surface area contributed by atoms with E-state index in [1.807, 2.05) is 4.90 Å². The molecule has 98 valence electrons. The molecule has 0 aromatic rings.